The molecule has 3 rings (SSSR count). The lowest BCUT2D eigenvalue weighted by molar-refractivity contribution is 0.102. The van der Waals surface area contributed by atoms with Crippen LogP contribution in [0.3, 0.4) is 0 Å². The molecule has 28 heavy (non-hydrogen) atoms. The minimum absolute atomic E-state index is 0.108. The Bertz CT molecular complexity index is 967. The number of sulfonamides is 1. The highest BCUT2D eigenvalue weighted by molar-refractivity contribution is 7.89. The van der Waals surface area contributed by atoms with Crippen molar-refractivity contribution >= 4 is 21.6 Å². The minimum atomic E-state index is -3.63. The summed E-state index contributed by atoms with van der Waals surface area (Å²) < 4.78 is 53.4. The third-order valence-corrected chi connectivity index (χ3v) is 6.61. The van der Waals surface area contributed by atoms with Crippen LogP contribution in [0.2, 0.25) is 0 Å². The van der Waals surface area contributed by atoms with Crippen molar-refractivity contribution in [2.45, 2.75) is 25.2 Å². The molecule has 1 fully saturated rings. The second-order valence-corrected chi connectivity index (χ2v) is 9.31. The van der Waals surface area contributed by atoms with Crippen LogP contribution in [-0.2, 0) is 10.0 Å². The molecule has 0 aliphatic carbocycles. The number of amides is 1. The van der Waals surface area contributed by atoms with Crippen molar-refractivity contribution in [1.29, 1.82) is 0 Å². The summed E-state index contributed by atoms with van der Waals surface area (Å²) in [6, 6.07) is 8.62. The summed E-state index contributed by atoms with van der Waals surface area (Å²) in [7, 11) is -3.63. The number of nitrogens with one attached hydrogen (secondary N) is 1. The Hall–Kier alpha value is -2.32. The van der Waals surface area contributed by atoms with Gasteiger partial charge < -0.3 is 5.32 Å². The van der Waals surface area contributed by atoms with Crippen molar-refractivity contribution in [1.82, 2.24) is 4.31 Å². The van der Waals surface area contributed by atoms with E-state index in [-0.39, 0.29) is 16.1 Å². The fourth-order valence-corrected chi connectivity index (χ4v) is 5.19. The Morgan fingerprint density at radius 3 is 2.18 bits per heavy atom. The summed E-state index contributed by atoms with van der Waals surface area (Å²) in [5.41, 5.74) is 0.320. The number of rotatable bonds is 4. The van der Waals surface area contributed by atoms with Crippen molar-refractivity contribution in [2.75, 3.05) is 18.4 Å². The zero-order valence-corrected chi connectivity index (χ0v) is 16.5. The molecule has 1 heterocycles. The Balaban J connectivity index is 1.75. The van der Waals surface area contributed by atoms with E-state index >= 15 is 0 Å². The molecule has 2 aromatic rings. The van der Waals surface area contributed by atoms with Gasteiger partial charge in [0.25, 0.3) is 5.91 Å². The summed E-state index contributed by atoms with van der Waals surface area (Å²) in [5.74, 6) is -2.03. The SMILES string of the molecule is C[C@@H]1C[C@H](C)CN(S(=O)(=O)c2ccc(C(=O)Nc3ccc(F)c(F)c3)cc2)C1. The van der Waals surface area contributed by atoms with Gasteiger partial charge in [-0.15, -0.1) is 0 Å². The summed E-state index contributed by atoms with van der Waals surface area (Å²) >= 11 is 0. The molecule has 0 aromatic heterocycles. The van der Waals surface area contributed by atoms with E-state index < -0.39 is 27.6 Å². The first-order valence-corrected chi connectivity index (χ1v) is 10.5. The number of hydrogen-bond acceptors (Lipinski definition) is 3. The van der Waals surface area contributed by atoms with Gasteiger partial charge in [0, 0.05) is 30.4 Å². The third kappa shape index (κ3) is 4.39. The Kier molecular flexibility index (Phi) is 5.81. The summed E-state index contributed by atoms with van der Waals surface area (Å²) in [4.78, 5) is 12.4. The number of halogens is 2. The van der Waals surface area contributed by atoms with Gasteiger partial charge >= 0.3 is 0 Å². The summed E-state index contributed by atoms with van der Waals surface area (Å²) in [6.45, 7) is 5.02. The lowest BCUT2D eigenvalue weighted by Gasteiger charge is -2.34. The van der Waals surface area contributed by atoms with Crippen LogP contribution in [0.1, 0.15) is 30.6 Å². The van der Waals surface area contributed by atoms with Gasteiger partial charge in [0.05, 0.1) is 4.90 Å². The van der Waals surface area contributed by atoms with E-state index in [2.05, 4.69) is 5.32 Å². The zero-order chi connectivity index (χ0) is 20.5. The first-order chi connectivity index (χ1) is 13.2. The molecule has 0 unspecified atom stereocenters. The van der Waals surface area contributed by atoms with E-state index in [9.17, 15) is 22.0 Å². The van der Waals surface area contributed by atoms with Crippen molar-refractivity contribution in [3.63, 3.8) is 0 Å². The lowest BCUT2D eigenvalue weighted by Crippen LogP contribution is -2.42. The highest BCUT2D eigenvalue weighted by atomic mass is 32.2. The highest BCUT2D eigenvalue weighted by Gasteiger charge is 2.31. The molecule has 1 saturated heterocycles. The molecular formula is C20H22F2N2O3S. The van der Waals surface area contributed by atoms with E-state index in [4.69, 9.17) is 0 Å². The molecule has 1 N–H and O–H groups in total. The molecule has 5 nitrogen and oxygen atoms in total. The maximum absolute atomic E-state index is 13.3. The van der Waals surface area contributed by atoms with Crippen molar-refractivity contribution in [3.8, 4) is 0 Å². The molecule has 150 valence electrons. The summed E-state index contributed by atoms with van der Waals surface area (Å²) in [6.07, 6.45) is 0.995. The van der Waals surface area contributed by atoms with Crippen molar-refractivity contribution in [2.24, 2.45) is 11.8 Å². The summed E-state index contributed by atoms with van der Waals surface area (Å²) in [5, 5.41) is 2.45. The van der Waals surface area contributed by atoms with E-state index in [1.807, 2.05) is 13.8 Å². The number of nitrogens with zero attached hydrogens (tertiary/aromatic N) is 1. The fraction of sp³-hybridized carbons (Fsp3) is 0.350. The van der Waals surface area contributed by atoms with E-state index in [1.165, 1.54) is 34.6 Å². The average molecular weight is 408 g/mol. The van der Waals surface area contributed by atoms with E-state index in [0.717, 1.165) is 18.6 Å². The van der Waals surface area contributed by atoms with Crippen molar-refractivity contribution < 1.29 is 22.0 Å². The standard InChI is InChI=1S/C20H22F2N2O3S/c1-13-9-14(2)12-24(11-13)28(26,27)17-6-3-15(4-7-17)20(25)23-16-5-8-18(21)19(22)10-16/h3-8,10,13-14H,9,11-12H2,1-2H3,(H,23,25)/t13-,14+. The van der Waals surface area contributed by atoms with Crippen LogP contribution in [0.4, 0.5) is 14.5 Å². The predicted molar refractivity (Wildman–Crippen MR) is 102 cm³/mol. The number of hydrogen-bond donors (Lipinski definition) is 1. The lowest BCUT2D eigenvalue weighted by atomic mass is 9.94. The molecule has 1 aliphatic rings. The van der Waals surface area contributed by atoms with E-state index in [0.29, 0.717) is 24.9 Å². The average Bonchev–Trinajstić information content (AvgIpc) is 2.64. The number of piperidine rings is 1. The Morgan fingerprint density at radius 1 is 1.00 bits per heavy atom. The second kappa shape index (κ2) is 7.97. The van der Waals surface area contributed by atoms with Gasteiger partial charge in [0.1, 0.15) is 0 Å². The smallest absolute Gasteiger partial charge is 0.255 e. The molecule has 0 spiro atoms. The highest BCUT2D eigenvalue weighted by Crippen LogP contribution is 2.27. The molecule has 2 atom stereocenters. The van der Waals surface area contributed by atoms with Gasteiger partial charge in [0.15, 0.2) is 11.6 Å². The molecule has 2 aromatic carbocycles. The molecule has 0 saturated carbocycles. The van der Waals surface area contributed by atoms with Gasteiger partial charge in [-0.3, -0.25) is 4.79 Å². The van der Waals surface area contributed by atoms with Crippen LogP contribution in [-0.4, -0.2) is 31.7 Å². The molecule has 8 heteroatoms. The van der Waals surface area contributed by atoms with Crippen molar-refractivity contribution in [3.05, 3.63) is 59.7 Å². The van der Waals surface area contributed by atoms with E-state index in [1.54, 1.807) is 0 Å². The number of anilines is 1. The topological polar surface area (TPSA) is 66.5 Å². The quantitative estimate of drug-likeness (QED) is 0.835. The monoisotopic (exact) mass is 408 g/mol. The first kappa shape index (κ1) is 20.4. The first-order valence-electron chi connectivity index (χ1n) is 9.03. The minimum Gasteiger partial charge on any atom is -0.322 e. The van der Waals surface area contributed by atoms with Crippen LogP contribution in [0.15, 0.2) is 47.4 Å². The number of benzene rings is 2. The van der Waals surface area contributed by atoms with Gasteiger partial charge in [-0.2, -0.15) is 4.31 Å². The normalized spacial score (nSPS) is 20.7. The predicted octanol–water partition coefficient (Wildman–Crippen LogP) is 3.88. The molecule has 1 amide bonds. The maximum atomic E-state index is 13.3. The van der Waals surface area contributed by atoms with Crippen LogP contribution < -0.4 is 5.32 Å². The molecular weight excluding hydrogens is 386 g/mol. The van der Waals surface area contributed by atoms with Crippen LogP contribution in [0.5, 0.6) is 0 Å². The van der Waals surface area contributed by atoms with Gasteiger partial charge in [-0.1, -0.05) is 13.8 Å². The molecule has 0 radical (unpaired) electrons. The maximum Gasteiger partial charge on any atom is 0.255 e. The molecule has 0 bridgehead atoms. The Morgan fingerprint density at radius 2 is 1.61 bits per heavy atom. The van der Waals surface area contributed by atoms with Gasteiger partial charge in [0.2, 0.25) is 10.0 Å². The third-order valence-electron chi connectivity index (χ3n) is 4.77. The second-order valence-electron chi connectivity index (χ2n) is 7.38. The number of carbonyl (C=O) groups excluding carboxylic acids is 1. The number of carbonyl (C=O) groups is 1. The Labute approximate surface area is 163 Å². The van der Waals surface area contributed by atoms with Crippen LogP contribution in [0.25, 0.3) is 0 Å². The largest absolute Gasteiger partial charge is 0.322 e. The molecule has 1 aliphatic heterocycles. The van der Waals surface area contributed by atoms with Crippen LogP contribution in [0, 0.1) is 23.5 Å². The van der Waals surface area contributed by atoms with Gasteiger partial charge in [-0.05, 0) is 54.7 Å². The van der Waals surface area contributed by atoms with Gasteiger partial charge in [-0.25, -0.2) is 17.2 Å². The zero-order valence-electron chi connectivity index (χ0n) is 15.7. The van der Waals surface area contributed by atoms with Crippen LogP contribution >= 0.6 is 0 Å². The fourth-order valence-electron chi connectivity index (χ4n) is 3.51.